The van der Waals surface area contributed by atoms with E-state index in [1.165, 1.54) is 66.4 Å². The first-order valence-corrected chi connectivity index (χ1v) is 23.9. The summed E-state index contributed by atoms with van der Waals surface area (Å²) in [6.45, 7) is 19.8. The van der Waals surface area contributed by atoms with Crippen molar-refractivity contribution in [3.8, 4) is 23.0 Å². The lowest BCUT2D eigenvalue weighted by Gasteiger charge is -2.42. The number of phenols is 3. The molecule has 0 aliphatic carbocycles. The largest absolute Gasteiger partial charge is 0.507 e. The molecule has 18 nitrogen and oxygen atoms in total. The molecule has 0 aromatic heterocycles. The predicted octanol–water partition coefficient (Wildman–Crippen LogP) is 6.64. The number of Topliss-reactive ketones (excluding diaryl/α,β-unsaturated/α-hetero) is 1. The number of hydrogen-bond donors (Lipinski definition) is 7. The lowest BCUT2D eigenvalue weighted by molar-refractivity contribution is -0.160. The summed E-state index contributed by atoms with van der Waals surface area (Å²) in [6.07, 6.45) is 4.76. The number of anilines is 2. The summed E-state index contributed by atoms with van der Waals surface area (Å²) in [7, 11) is 1.43. The third-order valence-corrected chi connectivity index (χ3v) is 14.0. The number of piperazine rings is 1. The summed E-state index contributed by atoms with van der Waals surface area (Å²) in [4.78, 5) is 54.9. The molecule has 11 atom stereocenters. The van der Waals surface area contributed by atoms with E-state index in [4.69, 9.17) is 24.0 Å². The first-order valence-electron chi connectivity index (χ1n) is 23.9. The predicted molar refractivity (Wildman–Crippen MR) is 268 cm³/mol. The summed E-state index contributed by atoms with van der Waals surface area (Å²) in [5, 5.41) is 71.0. The molecule has 0 spiro atoms. The Morgan fingerprint density at radius 2 is 1.55 bits per heavy atom. The Balaban J connectivity index is 1.45. The monoisotopic (exact) mass is 983 g/mol. The topological polar surface area (TPSA) is 249 Å². The lowest BCUT2D eigenvalue weighted by atomic mass is 9.78. The highest BCUT2D eigenvalue weighted by atomic mass is 16.7. The van der Waals surface area contributed by atoms with Crippen molar-refractivity contribution in [3.63, 3.8) is 0 Å². The van der Waals surface area contributed by atoms with Crippen LogP contribution in [0.5, 0.6) is 23.0 Å². The quantitative estimate of drug-likeness (QED) is 0.0567. The number of nitrogens with zero attached hydrogens (tertiary/aromatic N) is 3. The van der Waals surface area contributed by atoms with Crippen molar-refractivity contribution in [2.45, 2.75) is 125 Å². The maximum atomic E-state index is 14.7. The van der Waals surface area contributed by atoms with Gasteiger partial charge in [-0.05, 0) is 51.5 Å². The van der Waals surface area contributed by atoms with Crippen molar-refractivity contribution in [2.24, 2.45) is 28.8 Å². The van der Waals surface area contributed by atoms with Crippen LogP contribution in [0.3, 0.4) is 0 Å². The van der Waals surface area contributed by atoms with Crippen LogP contribution in [0.2, 0.25) is 0 Å². The van der Waals surface area contributed by atoms with E-state index in [0.717, 1.165) is 5.56 Å². The zero-order valence-corrected chi connectivity index (χ0v) is 42.5. The first-order chi connectivity index (χ1) is 33.4. The van der Waals surface area contributed by atoms with Crippen molar-refractivity contribution in [1.29, 1.82) is 0 Å². The van der Waals surface area contributed by atoms with Crippen LogP contribution in [0.4, 0.5) is 11.4 Å². The molecule has 2 amide bonds. The standard InChI is InChI=1S/C53H69N5O13/c1-26-14-13-15-27(2)52(67)56-43-38(22-54-58-28(3)23-57(24-29(58)4)25-36-16-18-37(19-17-36)55-34(9)59)47(64)40-41(48(43)65)46(63)33(8)50-42(40)51(66)53(11,71-50)69-21-20-39(68-12)30(5)49(70-35(10)60)32(7)45(62)31(6)44(26)61/h13-22,26,28-32,39,44-45,49,61-65H,23-25H2,1-12H3,(H,55,59)(H,56,67)/b14-13?,21-20?,27-15?,54-22+. The summed E-state index contributed by atoms with van der Waals surface area (Å²) >= 11 is 0. The molecule has 3 aromatic carbocycles. The number of amides is 2. The minimum absolute atomic E-state index is 0.0344. The molecule has 7 rings (SSSR count). The maximum Gasteiger partial charge on any atom is 0.312 e. The highest BCUT2D eigenvalue weighted by molar-refractivity contribution is 6.24. The number of ketones is 1. The molecule has 11 unspecified atom stereocenters. The van der Waals surface area contributed by atoms with Gasteiger partial charge in [0.15, 0.2) is 5.75 Å². The number of rotatable bonds is 7. The highest BCUT2D eigenvalue weighted by Crippen LogP contribution is 2.55. The summed E-state index contributed by atoms with van der Waals surface area (Å²) in [5.41, 5.74) is 1.25. The lowest BCUT2D eigenvalue weighted by Crippen LogP contribution is -2.54. The number of aromatic hydroxyl groups is 3. The molecule has 1 fully saturated rings. The Morgan fingerprint density at radius 1 is 0.901 bits per heavy atom. The number of ether oxygens (including phenoxy) is 4. The Labute approximate surface area is 414 Å². The van der Waals surface area contributed by atoms with Crippen molar-refractivity contribution >= 4 is 51.9 Å². The third kappa shape index (κ3) is 11.2. The SMILES string of the molecule is COC1C=COC2(C)Oc3c(C)c(O)c4c(O)c(c(/C=N/N5C(C)CN(Cc6ccc(NC(C)=O)cc6)CC5C)c(O)c4c3C2=O)NC(=O)C(C)=CC=CC(C)C(O)C(C)C(O)C(C)C(OC(C)=O)C1C. The molecule has 4 aliphatic rings. The number of carbonyl (C=O) groups is 4. The van der Waals surface area contributed by atoms with Crippen LogP contribution in [-0.4, -0.2) is 128 Å². The van der Waals surface area contributed by atoms with Gasteiger partial charge >= 0.3 is 11.8 Å². The number of phenolic OH excluding ortho intramolecular Hbond substituents is 3. The Kier molecular flexibility index (Phi) is 16.6. The van der Waals surface area contributed by atoms with Gasteiger partial charge in [-0.15, -0.1) is 0 Å². The van der Waals surface area contributed by atoms with Gasteiger partial charge in [-0.2, -0.15) is 5.10 Å². The van der Waals surface area contributed by atoms with Crippen LogP contribution in [-0.2, 0) is 35.1 Å². The minimum atomic E-state index is -2.09. The summed E-state index contributed by atoms with van der Waals surface area (Å²) in [5.74, 6) is -8.81. The van der Waals surface area contributed by atoms with Gasteiger partial charge in [-0.25, -0.2) is 0 Å². The van der Waals surface area contributed by atoms with Crippen LogP contribution >= 0.6 is 0 Å². The molecule has 18 heteroatoms. The van der Waals surface area contributed by atoms with E-state index in [2.05, 4.69) is 15.5 Å². The number of aliphatic hydroxyl groups excluding tert-OH is 2. The molecule has 1 saturated heterocycles. The van der Waals surface area contributed by atoms with E-state index in [-0.39, 0.29) is 62.5 Å². The highest BCUT2D eigenvalue weighted by Gasteiger charge is 2.50. The van der Waals surface area contributed by atoms with E-state index in [1.807, 2.05) is 43.1 Å². The fourth-order valence-corrected chi connectivity index (χ4v) is 9.93. The van der Waals surface area contributed by atoms with Crippen LogP contribution in [0.1, 0.15) is 96.3 Å². The average molecular weight is 984 g/mol. The molecular formula is C53H69N5O13. The number of esters is 1. The number of hydrogen-bond acceptors (Lipinski definition) is 16. The van der Waals surface area contributed by atoms with Gasteiger partial charge in [0.05, 0.1) is 65.1 Å². The Morgan fingerprint density at radius 3 is 2.15 bits per heavy atom. The molecule has 0 saturated carbocycles. The van der Waals surface area contributed by atoms with Crippen LogP contribution in [0.15, 0.2) is 65.5 Å². The molecule has 0 radical (unpaired) electrons. The van der Waals surface area contributed by atoms with E-state index >= 15 is 0 Å². The fourth-order valence-electron chi connectivity index (χ4n) is 9.93. The number of nitrogens with one attached hydrogen (secondary N) is 2. The molecule has 4 aliphatic heterocycles. The summed E-state index contributed by atoms with van der Waals surface area (Å²) < 4.78 is 23.8. The second kappa shape index (κ2) is 21.9. The molecular weight excluding hydrogens is 915 g/mol. The number of allylic oxidation sites excluding steroid dienone is 2. The van der Waals surface area contributed by atoms with E-state index in [9.17, 15) is 44.7 Å². The van der Waals surface area contributed by atoms with Gasteiger partial charge < -0.3 is 55.1 Å². The zero-order valence-electron chi connectivity index (χ0n) is 42.5. The van der Waals surface area contributed by atoms with Crippen molar-refractivity contribution in [1.82, 2.24) is 9.91 Å². The van der Waals surface area contributed by atoms with E-state index in [0.29, 0.717) is 25.3 Å². The number of aliphatic hydroxyl groups is 2. The maximum absolute atomic E-state index is 14.7. The van der Waals surface area contributed by atoms with Gasteiger partial charge in [0.2, 0.25) is 5.91 Å². The molecule has 4 heterocycles. The van der Waals surface area contributed by atoms with Gasteiger partial charge in [0.25, 0.3) is 11.7 Å². The third-order valence-electron chi connectivity index (χ3n) is 14.0. The van der Waals surface area contributed by atoms with Crippen molar-refractivity contribution < 1.29 is 63.7 Å². The van der Waals surface area contributed by atoms with Gasteiger partial charge in [-0.3, -0.25) is 29.1 Å². The normalized spacial score (nSPS) is 29.0. The van der Waals surface area contributed by atoms with Crippen molar-refractivity contribution in [3.05, 3.63) is 82.7 Å². The van der Waals surface area contributed by atoms with Crippen LogP contribution in [0, 0.1) is 30.6 Å². The average Bonchev–Trinajstić information content (AvgIpc) is 3.58. The first kappa shape index (κ1) is 53.9. The molecule has 384 valence electrons. The molecule has 3 aromatic rings. The number of benzene rings is 3. The van der Waals surface area contributed by atoms with Crippen molar-refractivity contribution in [2.75, 3.05) is 30.8 Å². The van der Waals surface area contributed by atoms with Gasteiger partial charge in [0.1, 0.15) is 23.4 Å². The zero-order chi connectivity index (χ0) is 52.4. The van der Waals surface area contributed by atoms with Gasteiger partial charge in [-0.1, -0.05) is 58.1 Å². The molecule has 7 N–H and O–H groups in total. The summed E-state index contributed by atoms with van der Waals surface area (Å²) in [6, 6.07) is 7.28. The molecule has 71 heavy (non-hydrogen) atoms. The number of carbonyl (C=O) groups excluding carboxylic acids is 4. The van der Waals surface area contributed by atoms with E-state index in [1.54, 1.807) is 39.8 Å². The smallest absolute Gasteiger partial charge is 0.312 e. The van der Waals surface area contributed by atoms with Crippen LogP contribution in [0.25, 0.3) is 10.8 Å². The van der Waals surface area contributed by atoms with Crippen LogP contribution < -0.4 is 15.4 Å². The fraction of sp³-hybridized carbons (Fsp3) is 0.491. The Bertz CT molecular complexity index is 2630. The molecule has 5 bridgehead atoms. The second-order valence-corrected chi connectivity index (χ2v) is 19.5. The number of methoxy groups -OCH3 is 1. The second-order valence-electron chi connectivity index (χ2n) is 19.5. The van der Waals surface area contributed by atoms with E-state index < -0.39 is 88.8 Å². The van der Waals surface area contributed by atoms with Gasteiger partial charge in [0, 0.05) is 93.4 Å². The minimum Gasteiger partial charge on any atom is -0.507 e. The number of fused-ring (bicyclic) bond motifs is 14. The number of hydrazone groups is 1. The Hall–Kier alpha value is -6.47.